The van der Waals surface area contributed by atoms with Crippen molar-refractivity contribution in [1.82, 2.24) is 9.97 Å². The first-order valence-electron chi connectivity index (χ1n) is 16.4. The summed E-state index contributed by atoms with van der Waals surface area (Å²) in [6.07, 6.45) is 2.39. The van der Waals surface area contributed by atoms with Gasteiger partial charge < -0.3 is 9.97 Å². The second-order valence-electron chi connectivity index (χ2n) is 12.4. The van der Waals surface area contributed by atoms with Crippen LogP contribution in [0.25, 0.3) is 42.7 Å². The molecule has 0 N–H and O–H groups in total. The molecule has 6 aromatic rings. The molecule has 0 aliphatic carbocycles. The molecule has 6 rings (SSSR count). The van der Waals surface area contributed by atoms with E-state index in [0.29, 0.717) is 0 Å². The molecule has 0 saturated carbocycles. The summed E-state index contributed by atoms with van der Waals surface area (Å²) in [5.41, 5.74) is 6.56. The van der Waals surface area contributed by atoms with E-state index in [1.807, 2.05) is 68.6 Å². The fourth-order valence-corrected chi connectivity index (χ4v) is 7.38. The number of rotatable bonds is 6. The van der Waals surface area contributed by atoms with Gasteiger partial charge in [-0.1, -0.05) is 89.5 Å². The molecule has 44 heavy (non-hydrogen) atoms. The summed E-state index contributed by atoms with van der Waals surface area (Å²) in [6.45, 7) is 16.6. The summed E-state index contributed by atoms with van der Waals surface area (Å²) in [5, 5.41) is 3.69. The Morgan fingerprint density at radius 3 is 2.30 bits per heavy atom. The monoisotopic (exact) mass is 794 g/mol. The van der Waals surface area contributed by atoms with Crippen molar-refractivity contribution in [2.45, 2.75) is 72.4 Å². The predicted octanol–water partition coefficient (Wildman–Crippen LogP) is 10.8. The van der Waals surface area contributed by atoms with Gasteiger partial charge in [0, 0.05) is 41.3 Å². The van der Waals surface area contributed by atoms with E-state index in [0.717, 1.165) is 59.4 Å². The second-order valence-corrected chi connectivity index (χ2v) is 18.6. The number of hydrogen-bond acceptors (Lipinski definition) is 3. The summed E-state index contributed by atoms with van der Waals surface area (Å²) in [6, 6.07) is 30.9. The molecule has 0 unspecified atom stereocenters. The maximum absolute atomic E-state index is 8.36. The Hall–Kier alpha value is -2.95. The summed E-state index contributed by atoms with van der Waals surface area (Å²) in [5.74, 6) is -0.457. The number of thiophene rings is 1. The summed E-state index contributed by atoms with van der Waals surface area (Å²) in [4.78, 5) is 9.10. The van der Waals surface area contributed by atoms with Crippen LogP contribution in [0.1, 0.15) is 67.2 Å². The normalized spacial score (nSPS) is 13.1. The number of nitrogens with zero attached hydrogens (tertiary/aromatic N) is 2. The van der Waals surface area contributed by atoms with Crippen molar-refractivity contribution in [3.8, 4) is 22.5 Å². The first kappa shape index (κ1) is 29.7. The van der Waals surface area contributed by atoms with Crippen LogP contribution in [0.15, 0.2) is 85.2 Å². The zero-order chi connectivity index (χ0) is 33.4. The molecule has 5 heteroatoms. The molecule has 0 amide bonds. The molecule has 3 aromatic carbocycles. The van der Waals surface area contributed by atoms with Crippen molar-refractivity contribution in [3.05, 3.63) is 114 Å². The largest absolute Gasteiger partial charge is 0.305 e. The third-order valence-corrected chi connectivity index (χ3v) is 10.9. The van der Waals surface area contributed by atoms with Crippen LogP contribution in [0.3, 0.4) is 0 Å². The van der Waals surface area contributed by atoms with Crippen molar-refractivity contribution < 1.29 is 24.2 Å². The number of pyridine rings is 2. The Balaban J connectivity index is 0.000000249. The standard InChI is InChI=1S/C25H26NS.C14H16NSi.Ir/c1-6-17-13-24-22(14-21(17)16(4)5)19-8-7-9-20(25(19)27-24)23-12-18(15(2)3)10-11-26-23;1-16(2,3)13-9-10-14(15-11-13)12-7-5-4-6-8-12;/h7-8,10-16H,6H2,1-5H3;4-7,9-11H,1-3H3;/q2*-1;/i6D2,15D;;. The van der Waals surface area contributed by atoms with Crippen molar-refractivity contribution in [3.63, 3.8) is 0 Å². The zero-order valence-electron chi connectivity index (χ0n) is 29.8. The first-order valence-corrected chi connectivity index (χ1v) is 19.2. The fraction of sp³-hybridized carbons (Fsp3) is 0.282. The smallest absolute Gasteiger partial charge is 0.0795 e. The van der Waals surface area contributed by atoms with Gasteiger partial charge in [-0.2, -0.15) is 11.3 Å². The molecule has 3 heterocycles. The SMILES string of the molecule is C[Si](C)(C)c1ccc(-c2[c-]cccc2)nc1.[2H]C([2H])(C)c1cc2sc3c(-c4cc(C([2H])(C)C)ccn4)[c-]ccc3c2cc1C(C)C.[Ir]. The maximum atomic E-state index is 8.36. The summed E-state index contributed by atoms with van der Waals surface area (Å²) < 4.78 is 27.2. The van der Waals surface area contributed by atoms with Crippen LogP contribution in [0, 0.1) is 12.1 Å². The third kappa shape index (κ3) is 7.46. The van der Waals surface area contributed by atoms with Gasteiger partial charge in [0.15, 0.2) is 0 Å². The third-order valence-electron chi connectivity index (χ3n) is 7.70. The quantitative estimate of drug-likeness (QED) is 0.124. The molecule has 0 spiro atoms. The maximum Gasteiger partial charge on any atom is 0.0795 e. The number of fused-ring (bicyclic) bond motifs is 3. The van der Waals surface area contributed by atoms with E-state index in [1.54, 1.807) is 24.5 Å². The van der Waals surface area contributed by atoms with Gasteiger partial charge in [-0.05, 0) is 68.1 Å². The van der Waals surface area contributed by atoms with Gasteiger partial charge in [0.1, 0.15) is 0 Å². The Bertz CT molecular complexity index is 1970. The molecule has 0 fully saturated rings. The van der Waals surface area contributed by atoms with E-state index in [1.165, 1.54) is 5.19 Å². The topological polar surface area (TPSA) is 25.8 Å². The minimum atomic E-state index is -1.39. The number of aryl methyl sites for hydroxylation is 1. The molecular formula is C39H42IrN2SSi-2. The van der Waals surface area contributed by atoms with Crippen LogP contribution in [0.5, 0.6) is 0 Å². The van der Waals surface area contributed by atoms with Gasteiger partial charge in [-0.25, -0.2) is 0 Å². The predicted molar refractivity (Wildman–Crippen MR) is 190 cm³/mol. The molecule has 0 aliphatic rings. The Morgan fingerprint density at radius 2 is 1.68 bits per heavy atom. The van der Waals surface area contributed by atoms with Gasteiger partial charge >= 0.3 is 0 Å². The number of aromatic nitrogens is 2. The molecule has 3 aromatic heterocycles. The van der Waals surface area contributed by atoms with E-state index in [9.17, 15) is 0 Å². The molecule has 2 nitrogen and oxygen atoms in total. The van der Waals surface area contributed by atoms with Crippen molar-refractivity contribution >= 4 is 44.8 Å². The fourth-order valence-electron chi connectivity index (χ4n) is 5.12. The van der Waals surface area contributed by atoms with Gasteiger partial charge in [-0.15, -0.1) is 59.7 Å². The molecule has 0 atom stereocenters. The molecular weight excluding hydrogens is 749 g/mol. The van der Waals surface area contributed by atoms with Gasteiger partial charge in [0.25, 0.3) is 0 Å². The van der Waals surface area contributed by atoms with E-state index in [4.69, 9.17) is 4.11 Å². The molecule has 0 saturated heterocycles. The van der Waals surface area contributed by atoms with E-state index < -0.39 is 20.3 Å². The van der Waals surface area contributed by atoms with Crippen molar-refractivity contribution in [2.75, 3.05) is 0 Å². The van der Waals surface area contributed by atoms with E-state index >= 15 is 0 Å². The zero-order valence-corrected chi connectivity index (χ0v) is 31.0. The Morgan fingerprint density at radius 1 is 0.886 bits per heavy atom. The van der Waals surface area contributed by atoms with Gasteiger partial charge in [0.05, 0.1) is 8.07 Å². The van der Waals surface area contributed by atoms with Crippen LogP contribution >= 0.6 is 11.3 Å². The van der Waals surface area contributed by atoms with Crippen LogP contribution < -0.4 is 5.19 Å². The number of hydrogen-bond donors (Lipinski definition) is 0. The van der Waals surface area contributed by atoms with Crippen molar-refractivity contribution in [2.24, 2.45) is 0 Å². The summed E-state index contributed by atoms with van der Waals surface area (Å²) >= 11 is 1.66. The Kier molecular flexibility index (Phi) is 9.75. The van der Waals surface area contributed by atoms with Crippen LogP contribution in [0.2, 0.25) is 19.6 Å². The molecule has 229 valence electrons. The molecule has 0 bridgehead atoms. The average molecular weight is 794 g/mol. The van der Waals surface area contributed by atoms with E-state index in [2.05, 4.69) is 79.9 Å². The summed E-state index contributed by atoms with van der Waals surface area (Å²) in [7, 11) is -1.23. The van der Waals surface area contributed by atoms with Gasteiger partial charge in [0.2, 0.25) is 0 Å². The van der Waals surface area contributed by atoms with Gasteiger partial charge in [-0.3, -0.25) is 0 Å². The van der Waals surface area contributed by atoms with Crippen molar-refractivity contribution in [1.29, 1.82) is 0 Å². The molecule has 1 radical (unpaired) electrons. The average Bonchev–Trinajstić information content (AvgIpc) is 3.38. The van der Waals surface area contributed by atoms with Crippen LogP contribution in [-0.4, -0.2) is 18.0 Å². The number of benzene rings is 3. The first-order chi connectivity index (χ1) is 21.5. The van der Waals surface area contributed by atoms with E-state index in [-0.39, 0.29) is 26.0 Å². The minimum Gasteiger partial charge on any atom is -0.305 e. The minimum absolute atomic E-state index is 0. The second kappa shape index (κ2) is 14.4. The molecule has 0 aliphatic heterocycles. The van der Waals surface area contributed by atoms with Crippen LogP contribution in [-0.2, 0) is 26.5 Å². The van der Waals surface area contributed by atoms with Crippen LogP contribution in [0.4, 0.5) is 0 Å². The Labute approximate surface area is 286 Å².